The number of nitrogens with two attached hydrogens (primary N) is 1. The molecule has 1 aromatic heterocycles. The summed E-state index contributed by atoms with van der Waals surface area (Å²) in [7, 11) is 0. The number of alkyl halides is 4. The lowest BCUT2D eigenvalue weighted by Gasteiger charge is -2.34. The summed E-state index contributed by atoms with van der Waals surface area (Å²) in [6.07, 6.45) is -1.99. The zero-order chi connectivity index (χ0) is 12.0. The summed E-state index contributed by atoms with van der Waals surface area (Å²) < 4.78 is 53.8. The van der Waals surface area contributed by atoms with Crippen molar-refractivity contribution >= 4 is 12.4 Å². The maximum atomic E-state index is 12.8. The van der Waals surface area contributed by atoms with Crippen molar-refractivity contribution < 1.29 is 22.1 Å². The monoisotopic (exact) mass is 275 g/mol. The van der Waals surface area contributed by atoms with Crippen LogP contribution in [0, 0.1) is 0 Å². The predicted octanol–water partition coefficient (Wildman–Crippen LogP) is 2.19. The molecule has 1 aliphatic rings. The molecule has 0 unspecified atom stereocenters. The van der Waals surface area contributed by atoms with E-state index in [0.717, 1.165) is 6.42 Å². The van der Waals surface area contributed by atoms with E-state index < -0.39 is 23.8 Å². The van der Waals surface area contributed by atoms with E-state index in [4.69, 9.17) is 5.73 Å². The summed E-state index contributed by atoms with van der Waals surface area (Å²) in [5.41, 5.74) is 4.84. The van der Waals surface area contributed by atoms with Crippen molar-refractivity contribution in [3.8, 4) is 0 Å². The van der Waals surface area contributed by atoms with Gasteiger partial charge in [0.2, 0.25) is 0 Å². The molecule has 4 nitrogen and oxygen atoms in total. The first kappa shape index (κ1) is 14.2. The van der Waals surface area contributed by atoms with Gasteiger partial charge in [0.15, 0.2) is 5.82 Å². The van der Waals surface area contributed by atoms with Crippen molar-refractivity contribution in [3.63, 3.8) is 0 Å². The molecule has 1 aliphatic carbocycles. The third-order valence-electron chi connectivity index (χ3n) is 2.68. The number of hydrogen-bond donors (Lipinski definition) is 1. The Morgan fingerprint density at radius 1 is 1.35 bits per heavy atom. The van der Waals surface area contributed by atoms with E-state index in [1.54, 1.807) is 0 Å². The van der Waals surface area contributed by atoms with Crippen LogP contribution in [0.5, 0.6) is 0 Å². The molecule has 9 heteroatoms. The Labute approximate surface area is 100.0 Å². The second-order valence-corrected chi connectivity index (χ2v) is 3.86. The molecule has 0 spiro atoms. The van der Waals surface area contributed by atoms with E-state index in [0.29, 0.717) is 12.8 Å². The molecule has 0 aliphatic heterocycles. The van der Waals surface area contributed by atoms with Gasteiger partial charge in [0.25, 0.3) is 0 Å². The van der Waals surface area contributed by atoms with Gasteiger partial charge < -0.3 is 10.3 Å². The van der Waals surface area contributed by atoms with Crippen LogP contribution in [0.25, 0.3) is 0 Å². The summed E-state index contributed by atoms with van der Waals surface area (Å²) >= 11 is 0. The van der Waals surface area contributed by atoms with Gasteiger partial charge in [0.05, 0.1) is 5.54 Å². The van der Waals surface area contributed by atoms with E-state index in [1.807, 2.05) is 0 Å². The smallest absolute Gasteiger partial charge is 0.332 e. The van der Waals surface area contributed by atoms with Crippen molar-refractivity contribution in [2.45, 2.75) is 37.1 Å². The quantitative estimate of drug-likeness (QED) is 0.859. The number of nitrogens with zero attached hydrogens (tertiary/aromatic N) is 2. The van der Waals surface area contributed by atoms with E-state index in [1.165, 1.54) is 0 Å². The lowest BCUT2D eigenvalue weighted by atomic mass is 9.77. The van der Waals surface area contributed by atoms with E-state index >= 15 is 0 Å². The first-order valence-corrected chi connectivity index (χ1v) is 4.66. The van der Waals surface area contributed by atoms with Gasteiger partial charge in [0.1, 0.15) is 0 Å². The van der Waals surface area contributed by atoms with Crippen LogP contribution in [-0.4, -0.2) is 16.6 Å². The number of hydrogen-bond acceptors (Lipinski definition) is 4. The van der Waals surface area contributed by atoms with Gasteiger partial charge in [-0.25, -0.2) is 8.78 Å². The van der Waals surface area contributed by atoms with Crippen molar-refractivity contribution in [3.05, 3.63) is 11.7 Å². The van der Waals surface area contributed by atoms with Gasteiger partial charge >= 0.3 is 18.2 Å². The van der Waals surface area contributed by atoms with Gasteiger partial charge in [0, 0.05) is 0 Å². The average molecular weight is 276 g/mol. The molecule has 98 valence electrons. The van der Waals surface area contributed by atoms with Crippen LogP contribution in [0.1, 0.15) is 31.0 Å². The lowest BCUT2D eigenvalue weighted by Crippen LogP contribution is -2.44. The van der Waals surface area contributed by atoms with Crippen molar-refractivity contribution in [1.29, 1.82) is 0 Å². The highest BCUT2D eigenvalue weighted by atomic mass is 35.5. The molecule has 2 rings (SSSR count). The maximum absolute atomic E-state index is 12.8. The third-order valence-corrected chi connectivity index (χ3v) is 2.68. The fraction of sp³-hybridized carbons (Fsp3) is 0.750. The summed E-state index contributed by atoms with van der Waals surface area (Å²) in [6.45, 7) is 0. The van der Waals surface area contributed by atoms with Crippen LogP contribution in [-0.2, 0) is 11.5 Å². The fourth-order valence-corrected chi connectivity index (χ4v) is 1.44. The van der Waals surface area contributed by atoms with Crippen molar-refractivity contribution in [1.82, 2.24) is 10.1 Å². The molecule has 0 aromatic carbocycles. The Morgan fingerprint density at radius 2 is 1.94 bits per heavy atom. The summed E-state index contributed by atoms with van der Waals surface area (Å²) in [4.78, 5) is 3.26. The van der Waals surface area contributed by atoms with Gasteiger partial charge in [-0.05, 0) is 19.3 Å². The standard InChI is InChI=1S/C8H9F4N3O.ClH/c9-4(10)8(11,12)6-14-5(15-16-6)7(13)2-1-3-7;/h4H,1-3,13H2;1H. The first-order valence-electron chi connectivity index (χ1n) is 4.66. The predicted molar refractivity (Wildman–Crippen MR) is 51.2 cm³/mol. The SMILES string of the molecule is Cl.NC1(c2noc(C(F)(F)C(F)F)n2)CCC1. The van der Waals surface area contributed by atoms with E-state index in [-0.39, 0.29) is 18.2 Å². The molecule has 0 saturated heterocycles. The largest absolute Gasteiger partial charge is 0.383 e. The van der Waals surface area contributed by atoms with Crippen molar-refractivity contribution in [2.24, 2.45) is 5.73 Å². The van der Waals surface area contributed by atoms with E-state index in [9.17, 15) is 17.6 Å². The van der Waals surface area contributed by atoms with Gasteiger partial charge in [-0.2, -0.15) is 13.8 Å². The minimum Gasteiger partial charge on any atom is -0.332 e. The molecular weight excluding hydrogens is 266 g/mol. The zero-order valence-electron chi connectivity index (χ0n) is 8.50. The topological polar surface area (TPSA) is 64.9 Å². The second-order valence-electron chi connectivity index (χ2n) is 3.86. The Hall–Kier alpha value is -0.890. The molecule has 0 atom stereocenters. The molecular formula is C8H10ClF4N3O. The molecule has 1 aromatic rings. The van der Waals surface area contributed by atoms with E-state index in [2.05, 4.69) is 14.7 Å². The van der Waals surface area contributed by atoms with Crippen LogP contribution in [0.3, 0.4) is 0 Å². The minimum absolute atomic E-state index is 0. The number of rotatable bonds is 3. The Balaban J connectivity index is 0.00000144. The highest BCUT2D eigenvalue weighted by Gasteiger charge is 2.50. The molecule has 2 N–H and O–H groups in total. The fourth-order valence-electron chi connectivity index (χ4n) is 1.44. The molecule has 1 heterocycles. The molecule has 1 saturated carbocycles. The third kappa shape index (κ3) is 2.23. The molecule has 0 amide bonds. The first-order chi connectivity index (χ1) is 7.36. The van der Waals surface area contributed by atoms with Crippen LogP contribution in [0.15, 0.2) is 4.52 Å². The summed E-state index contributed by atoms with van der Waals surface area (Å²) in [5.74, 6) is -5.94. The normalized spacial score (nSPS) is 18.7. The lowest BCUT2D eigenvalue weighted by molar-refractivity contribution is -0.152. The Bertz CT molecular complexity index is 394. The second kappa shape index (κ2) is 4.41. The average Bonchev–Trinajstić information content (AvgIpc) is 2.63. The van der Waals surface area contributed by atoms with Gasteiger partial charge in [-0.1, -0.05) is 5.16 Å². The minimum atomic E-state index is -4.43. The van der Waals surface area contributed by atoms with Crippen LogP contribution in [0.2, 0.25) is 0 Å². The summed E-state index contributed by atoms with van der Waals surface area (Å²) in [5, 5.41) is 3.23. The maximum Gasteiger partial charge on any atom is 0.383 e. The Kier molecular flexibility index (Phi) is 3.68. The Morgan fingerprint density at radius 3 is 2.35 bits per heavy atom. The molecule has 17 heavy (non-hydrogen) atoms. The highest BCUT2D eigenvalue weighted by Crippen LogP contribution is 2.39. The number of aromatic nitrogens is 2. The molecule has 0 bridgehead atoms. The van der Waals surface area contributed by atoms with Gasteiger partial charge in [-0.15, -0.1) is 12.4 Å². The highest BCUT2D eigenvalue weighted by molar-refractivity contribution is 5.85. The molecule has 1 fully saturated rings. The van der Waals surface area contributed by atoms with Crippen LogP contribution in [0.4, 0.5) is 17.6 Å². The summed E-state index contributed by atoms with van der Waals surface area (Å²) in [6, 6.07) is 0. The van der Waals surface area contributed by atoms with Crippen LogP contribution >= 0.6 is 12.4 Å². The van der Waals surface area contributed by atoms with Crippen molar-refractivity contribution in [2.75, 3.05) is 0 Å². The number of halogens is 5. The van der Waals surface area contributed by atoms with Gasteiger partial charge in [-0.3, -0.25) is 0 Å². The zero-order valence-corrected chi connectivity index (χ0v) is 9.32. The van der Waals surface area contributed by atoms with Crippen LogP contribution < -0.4 is 5.73 Å². The molecule has 0 radical (unpaired) electrons.